The first-order valence-electron chi connectivity index (χ1n) is 15.7. The minimum atomic E-state index is -3.32. The molecule has 0 aromatic heterocycles. The molecule has 3 amide bonds. The number of amides is 3. The third-order valence-electron chi connectivity index (χ3n) is 8.65. The summed E-state index contributed by atoms with van der Waals surface area (Å²) in [6.45, 7) is 1.66. The van der Waals surface area contributed by atoms with E-state index in [1.165, 1.54) is 11.4 Å². The molecule has 13 nitrogen and oxygen atoms in total. The molecule has 1 saturated carbocycles. The highest BCUT2D eigenvalue weighted by molar-refractivity contribution is 7.88. The predicted molar refractivity (Wildman–Crippen MR) is 167 cm³/mol. The van der Waals surface area contributed by atoms with Crippen LogP contribution in [0, 0.1) is 5.92 Å². The molecule has 1 saturated heterocycles. The van der Waals surface area contributed by atoms with Crippen LogP contribution in [0.5, 0.6) is 5.75 Å². The van der Waals surface area contributed by atoms with E-state index in [1.54, 1.807) is 4.90 Å². The van der Waals surface area contributed by atoms with Gasteiger partial charge in [0, 0.05) is 31.6 Å². The molecule has 249 valence electrons. The lowest BCUT2D eigenvalue weighted by Crippen LogP contribution is -2.55. The third-order valence-corrected chi connectivity index (χ3v) is 11.9. The summed E-state index contributed by atoms with van der Waals surface area (Å²) in [5, 5.41) is 2.72. The molecule has 45 heavy (non-hydrogen) atoms. The van der Waals surface area contributed by atoms with Crippen LogP contribution >= 0.6 is 0 Å². The summed E-state index contributed by atoms with van der Waals surface area (Å²) in [6, 6.07) is 6.74. The van der Waals surface area contributed by atoms with Crippen molar-refractivity contribution in [3.8, 4) is 5.75 Å². The summed E-state index contributed by atoms with van der Waals surface area (Å²) < 4.78 is 41.3. The lowest BCUT2D eigenvalue weighted by molar-refractivity contribution is -0.131. The Bertz CT molecular complexity index is 1300. The number of hydrogen-bond donors (Lipinski definition) is 2. The molecule has 1 aromatic carbocycles. The van der Waals surface area contributed by atoms with Gasteiger partial charge in [-0.25, -0.2) is 17.5 Å². The van der Waals surface area contributed by atoms with E-state index < -0.39 is 48.7 Å². The number of para-hydroxylation sites is 1. The Hall–Kier alpha value is -3.17. The number of carbonyl (C=O) groups excluding carboxylic acids is 4. The van der Waals surface area contributed by atoms with Gasteiger partial charge in [0.1, 0.15) is 24.5 Å². The average molecular weight is 666 g/mol. The van der Waals surface area contributed by atoms with E-state index in [2.05, 4.69) is 10.3 Å². The molecular weight excluding hydrogens is 621 g/mol. The van der Waals surface area contributed by atoms with Crippen LogP contribution < -0.4 is 15.0 Å². The molecule has 1 atom stereocenters. The molecule has 0 unspecified atom stereocenters. The standard InChI is InChI=1S/C30H45N4O9SSi/c1-41-30(38)45(19-14-27(35)33-17-18-42-26-11-7-6-10-23(26)21-33)32-28(36)25(20-22-8-4-3-5-9-22)31-29(37)43-24-12-15-34(16-13-24)44(2,39)40/h6-7,10-11,22,24-25H,3-5,8-9,12-21H2,1-2H3,(H,31,37)(H,32,36)/t25-/m0/s1. The molecule has 3 aliphatic rings. The SMILES string of the molecule is COC(=O)[Si](CCC(=O)N1CCOc2ccccc2C1)NC(=O)[C@H](CC1CCCCC1)NC(=O)OC1CCN(S(C)(=O)=O)CC1. The van der Waals surface area contributed by atoms with Crippen LogP contribution in [0.3, 0.4) is 0 Å². The quantitative estimate of drug-likeness (QED) is 0.339. The lowest BCUT2D eigenvalue weighted by atomic mass is 9.84. The summed E-state index contributed by atoms with van der Waals surface area (Å²) >= 11 is 0. The Labute approximate surface area is 267 Å². The number of piperidine rings is 1. The highest BCUT2D eigenvalue weighted by atomic mass is 32.2. The van der Waals surface area contributed by atoms with Crippen molar-refractivity contribution in [2.24, 2.45) is 5.92 Å². The van der Waals surface area contributed by atoms with Crippen molar-refractivity contribution in [2.45, 2.75) is 82.5 Å². The van der Waals surface area contributed by atoms with Gasteiger partial charge in [-0.15, -0.1) is 0 Å². The Morgan fingerprint density at radius 2 is 1.76 bits per heavy atom. The molecule has 2 N–H and O–H groups in total. The highest BCUT2D eigenvalue weighted by Crippen LogP contribution is 2.28. The molecule has 1 radical (unpaired) electrons. The molecular formula is C30H45N4O9SSi. The molecule has 1 aliphatic carbocycles. The minimum Gasteiger partial charge on any atom is -0.491 e. The first-order valence-corrected chi connectivity index (χ1v) is 19.2. The van der Waals surface area contributed by atoms with Gasteiger partial charge in [-0.1, -0.05) is 50.3 Å². The smallest absolute Gasteiger partial charge is 0.408 e. The van der Waals surface area contributed by atoms with Crippen LogP contribution in [-0.4, -0.2) is 102 Å². The fourth-order valence-electron chi connectivity index (χ4n) is 6.10. The molecule has 2 aliphatic heterocycles. The molecule has 4 rings (SSSR count). The topological polar surface area (TPSA) is 161 Å². The Balaban J connectivity index is 1.36. The van der Waals surface area contributed by atoms with Crippen molar-refractivity contribution in [3.63, 3.8) is 0 Å². The Morgan fingerprint density at radius 1 is 1.04 bits per heavy atom. The summed E-state index contributed by atoms with van der Waals surface area (Å²) in [5.74, 6) is 0.316. The number of carbonyl (C=O) groups is 4. The van der Waals surface area contributed by atoms with Gasteiger partial charge in [0.2, 0.25) is 21.8 Å². The first-order chi connectivity index (χ1) is 21.5. The van der Waals surface area contributed by atoms with Gasteiger partial charge in [-0.05, 0) is 37.3 Å². The number of rotatable bonds is 11. The minimum absolute atomic E-state index is 0.0424. The van der Waals surface area contributed by atoms with Crippen LogP contribution in [0.15, 0.2) is 24.3 Å². The van der Waals surface area contributed by atoms with E-state index in [0.29, 0.717) is 39.0 Å². The number of fused-ring (bicyclic) bond motifs is 1. The molecule has 1 aromatic rings. The maximum absolute atomic E-state index is 13.6. The highest BCUT2D eigenvalue weighted by Gasteiger charge is 2.34. The number of hydrogen-bond acceptors (Lipinski definition) is 9. The van der Waals surface area contributed by atoms with E-state index in [4.69, 9.17) is 14.2 Å². The van der Waals surface area contributed by atoms with Gasteiger partial charge in [-0.2, -0.15) is 0 Å². The molecule has 0 spiro atoms. The van der Waals surface area contributed by atoms with Gasteiger partial charge in [-0.3, -0.25) is 14.4 Å². The second kappa shape index (κ2) is 16.4. The van der Waals surface area contributed by atoms with Gasteiger partial charge in [0.25, 0.3) is 5.59 Å². The van der Waals surface area contributed by atoms with Gasteiger partial charge < -0.3 is 29.4 Å². The molecule has 2 fully saturated rings. The van der Waals surface area contributed by atoms with E-state index in [0.717, 1.165) is 49.7 Å². The zero-order valence-electron chi connectivity index (χ0n) is 26.1. The van der Waals surface area contributed by atoms with Crippen molar-refractivity contribution in [1.82, 2.24) is 19.5 Å². The number of alkyl carbamates (subject to hydrolysis) is 1. The van der Waals surface area contributed by atoms with Gasteiger partial charge >= 0.3 is 15.1 Å². The zero-order chi connectivity index (χ0) is 32.4. The monoisotopic (exact) mass is 665 g/mol. The maximum atomic E-state index is 13.6. The van der Waals surface area contributed by atoms with Gasteiger partial charge in [0.15, 0.2) is 0 Å². The van der Waals surface area contributed by atoms with E-state index in [9.17, 15) is 27.6 Å². The van der Waals surface area contributed by atoms with Crippen molar-refractivity contribution in [2.75, 3.05) is 39.6 Å². The molecule has 15 heteroatoms. The number of ether oxygens (including phenoxy) is 3. The predicted octanol–water partition coefficient (Wildman–Crippen LogP) is 2.74. The number of benzene rings is 1. The second-order valence-corrected chi connectivity index (χ2v) is 16.0. The van der Waals surface area contributed by atoms with Crippen molar-refractivity contribution < 1.29 is 41.8 Å². The van der Waals surface area contributed by atoms with Crippen LogP contribution in [0.4, 0.5) is 9.59 Å². The summed E-state index contributed by atoms with van der Waals surface area (Å²) in [4.78, 5) is 57.0. The molecule has 0 bridgehead atoms. The zero-order valence-corrected chi connectivity index (χ0v) is 27.9. The summed E-state index contributed by atoms with van der Waals surface area (Å²) in [5.41, 5.74) is 0.321. The number of nitrogens with zero attached hydrogens (tertiary/aromatic N) is 2. The van der Waals surface area contributed by atoms with E-state index in [1.807, 2.05) is 24.3 Å². The van der Waals surface area contributed by atoms with Crippen LogP contribution in [0.1, 0.15) is 63.4 Å². The largest absolute Gasteiger partial charge is 0.491 e. The normalized spacial score (nSPS) is 19.0. The Morgan fingerprint density at radius 3 is 2.44 bits per heavy atom. The third kappa shape index (κ3) is 10.4. The lowest BCUT2D eigenvalue weighted by Gasteiger charge is -2.31. The first kappa shape index (κ1) is 34.7. The van der Waals surface area contributed by atoms with Crippen molar-refractivity contribution in [3.05, 3.63) is 29.8 Å². The maximum Gasteiger partial charge on any atom is 0.408 e. The second-order valence-electron chi connectivity index (χ2n) is 11.9. The van der Waals surface area contributed by atoms with Crippen LogP contribution in [0.2, 0.25) is 6.04 Å². The number of methoxy groups -OCH3 is 1. The number of nitrogens with one attached hydrogen (secondary N) is 2. The molecule has 2 heterocycles. The average Bonchev–Trinajstić information content (AvgIpc) is 3.25. The van der Waals surface area contributed by atoms with E-state index in [-0.39, 0.29) is 37.4 Å². The van der Waals surface area contributed by atoms with Crippen molar-refractivity contribution >= 4 is 42.5 Å². The van der Waals surface area contributed by atoms with Gasteiger partial charge in [0.05, 0.1) is 19.9 Å². The summed E-state index contributed by atoms with van der Waals surface area (Å²) in [6.07, 6.45) is 6.19. The van der Waals surface area contributed by atoms with E-state index >= 15 is 0 Å². The van der Waals surface area contributed by atoms with Crippen molar-refractivity contribution in [1.29, 1.82) is 0 Å². The fourth-order valence-corrected chi connectivity index (χ4v) is 8.59. The van der Waals surface area contributed by atoms with Crippen LogP contribution in [0.25, 0.3) is 0 Å². The fraction of sp³-hybridized carbons (Fsp3) is 0.667. The number of sulfonamides is 1. The summed E-state index contributed by atoms with van der Waals surface area (Å²) in [7, 11) is -4.41. The Kier molecular flexibility index (Phi) is 12.6. The van der Waals surface area contributed by atoms with Crippen LogP contribution in [-0.2, 0) is 35.6 Å².